The van der Waals surface area contributed by atoms with Gasteiger partial charge in [-0.25, -0.2) is 23.0 Å². The predicted molar refractivity (Wildman–Crippen MR) is 166 cm³/mol. The highest BCUT2D eigenvalue weighted by Gasteiger charge is 2.39. The SMILES string of the molecule is CN(Cc1ccccn1)Cc1cnc(-c2cc3cccc(N(C)S(=O)(=O)c4cccs4)c3[nH]2)s1.O=C(O)C(F)(F)F.O=C(O)C(F)(F)F. The first-order valence-electron chi connectivity index (χ1n) is 13.1. The zero-order valence-electron chi connectivity index (χ0n) is 24.7. The molecule has 48 heavy (non-hydrogen) atoms. The molecule has 0 saturated heterocycles. The zero-order chi connectivity index (χ0) is 35.9. The third-order valence-electron chi connectivity index (χ3n) is 5.94. The number of rotatable bonds is 8. The van der Waals surface area contributed by atoms with Crippen molar-refractivity contribution in [3.63, 3.8) is 0 Å². The number of thiazole rings is 1. The summed E-state index contributed by atoms with van der Waals surface area (Å²) in [5.41, 5.74) is 3.26. The van der Waals surface area contributed by atoms with E-state index in [2.05, 4.69) is 26.9 Å². The lowest BCUT2D eigenvalue weighted by Crippen LogP contribution is -2.26. The number of hydrogen-bond acceptors (Lipinski definition) is 9. The number of fused-ring (bicyclic) bond motifs is 1. The van der Waals surface area contributed by atoms with E-state index >= 15 is 0 Å². The van der Waals surface area contributed by atoms with Gasteiger partial charge in [-0.1, -0.05) is 24.3 Å². The summed E-state index contributed by atoms with van der Waals surface area (Å²) in [6.45, 7) is 1.52. The first-order valence-corrected chi connectivity index (χ1v) is 16.2. The molecular formula is C28H25F6N5O6S3. The number of halogens is 6. The van der Waals surface area contributed by atoms with Gasteiger partial charge in [0.05, 0.1) is 22.6 Å². The number of pyridine rings is 1. The lowest BCUT2D eigenvalue weighted by Gasteiger charge is -2.19. The molecule has 4 aromatic heterocycles. The van der Waals surface area contributed by atoms with E-state index in [-0.39, 0.29) is 0 Å². The van der Waals surface area contributed by atoms with Crippen LogP contribution in [0.25, 0.3) is 21.6 Å². The second kappa shape index (κ2) is 15.6. The maximum atomic E-state index is 13.1. The van der Waals surface area contributed by atoms with E-state index < -0.39 is 34.3 Å². The van der Waals surface area contributed by atoms with Crippen molar-refractivity contribution in [3.8, 4) is 10.7 Å². The van der Waals surface area contributed by atoms with E-state index in [0.29, 0.717) is 9.90 Å². The maximum Gasteiger partial charge on any atom is 0.490 e. The molecule has 5 rings (SSSR count). The summed E-state index contributed by atoms with van der Waals surface area (Å²) >= 11 is 2.84. The third-order valence-corrected chi connectivity index (χ3v) is 10.1. The van der Waals surface area contributed by atoms with Crippen LogP contribution in [0.1, 0.15) is 10.6 Å². The smallest absolute Gasteiger partial charge is 0.475 e. The molecule has 11 nitrogen and oxygen atoms in total. The van der Waals surface area contributed by atoms with E-state index in [0.717, 1.165) is 45.3 Å². The Labute approximate surface area is 276 Å². The van der Waals surface area contributed by atoms with Crippen molar-refractivity contribution in [2.45, 2.75) is 29.7 Å². The molecule has 0 amide bonds. The van der Waals surface area contributed by atoms with Crippen LogP contribution in [-0.2, 0) is 32.7 Å². The summed E-state index contributed by atoms with van der Waals surface area (Å²) in [4.78, 5) is 33.6. The van der Waals surface area contributed by atoms with Crippen molar-refractivity contribution >= 4 is 61.2 Å². The number of carbonyl (C=O) groups is 2. The molecule has 0 aliphatic carbocycles. The Hall–Kier alpha value is -4.53. The molecule has 0 aliphatic rings. The monoisotopic (exact) mass is 737 g/mol. The minimum atomic E-state index is -5.08. The van der Waals surface area contributed by atoms with Crippen molar-refractivity contribution in [1.29, 1.82) is 0 Å². The highest BCUT2D eigenvalue weighted by molar-refractivity contribution is 7.94. The average Bonchev–Trinajstić information content (AvgIpc) is 3.78. The topological polar surface area (TPSA) is 157 Å². The van der Waals surface area contributed by atoms with Crippen LogP contribution < -0.4 is 4.31 Å². The van der Waals surface area contributed by atoms with Crippen LogP contribution >= 0.6 is 22.7 Å². The van der Waals surface area contributed by atoms with Crippen molar-refractivity contribution < 1.29 is 54.6 Å². The van der Waals surface area contributed by atoms with Crippen molar-refractivity contribution in [2.75, 3.05) is 18.4 Å². The van der Waals surface area contributed by atoms with Crippen LogP contribution in [0.2, 0.25) is 0 Å². The maximum absolute atomic E-state index is 13.1. The van der Waals surface area contributed by atoms with E-state index in [1.165, 1.54) is 15.6 Å². The van der Waals surface area contributed by atoms with Crippen molar-refractivity contribution in [2.24, 2.45) is 0 Å². The highest BCUT2D eigenvalue weighted by atomic mass is 32.2. The van der Waals surface area contributed by atoms with Gasteiger partial charge in [0, 0.05) is 42.8 Å². The number of aromatic nitrogens is 3. The van der Waals surface area contributed by atoms with Gasteiger partial charge in [0.25, 0.3) is 10.0 Å². The first kappa shape index (κ1) is 37.9. The van der Waals surface area contributed by atoms with Crippen molar-refractivity contribution in [3.05, 3.63) is 82.9 Å². The number of para-hydroxylation sites is 1. The van der Waals surface area contributed by atoms with Crippen LogP contribution in [0.5, 0.6) is 0 Å². The van der Waals surface area contributed by atoms with Gasteiger partial charge in [-0.05, 0) is 42.8 Å². The number of nitrogens with zero attached hydrogens (tertiary/aromatic N) is 4. The lowest BCUT2D eigenvalue weighted by molar-refractivity contribution is -0.193. The molecule has 258 valence electrons. The number of sulfonamides is 1. The molecule has 0 fully saturated rings. The van der Waals surface area contributed by atoms with Crippen LogP contribution in [-0.4, -0.2) is 76.9 Å². The minimum Gasteiger partial charge on any atom is -0.475 e. The fourth-order valence-electron chi connectivity index (χ4n) is 3.79. The Balaban J connectivity index is 0.000000376. The molecule has 0 radical (unpaired) electrons. The number of thiophene rings is 1. The van der Waals surface area contributed by atoms with E-state index in [1.54, 1.807) is 42.1 Å². The quantitative estimate of drug-likeness (QED) is 0.152. The molecular weight excluding hydrogens is 713 g/mol. The fraction of sp³-hybridized carbons (Fsp3) is 0.214. The Bertz CT molecular complexity index is 1900. The second-order valence-electron chi connectivity index (χ2n) is 9.56. The number of hydrogen-bond donors (Lipinski definition) is 3. The number of H-pyrrole nitrogens is 1. The standard InChI is InChI=1S/C24H23N5O2S3.2C2HF3O2/c1-28(15-18-8-3-4-11-25-18)16-19-14-26-24(33-19)20-13-17-7-5-9-21(23(17)27-20)29(2)34(30,31)22-10-6-12-32-22;2*3-2(4,5)1(6)7/h3-14,27H,15-16H2,1-2H3;2*(H,6,7). The van der Waals surface area contributed by atoms with E-state index in [9.17, 15) is 34.8 Å². The molecule has 0 saturated carbocycles. The summed E-state index contributed by atoms with van der Waals surface area (Å²) in [6, 6.07) is 17.0. The first-order chi connectivity index (χ1) is 22.3. The van der Waals surface area contributed by atoms with Gasteiger partial charge in [0.2, 0.25) is 0 Å². The number of alkyl halides is 6. The average molecular weight is 738 g/mol. The molecule has 1 aromatic carbocycles. The normalized spacial score (nSPS) is 11.8. The van der Waals surface area contributed by atoms with Gasteiger partial charge in [-0.3, -0.25) is 14.2 Å². The highest BCUT2D eigenvalue weighted by Crippen LogP contribution is 2.35. The lowest BCUT2D eigenvalue weighted by atomic mass is 10.2. The van der Waals surface area contributed by atoms with Gasteiger partial charge in [0.1, 0.15) is 9.22 Å². The Morgan fingerprint density at radius 1 is 0.896 bits per heavy atom. The van der Waals surface area contributed by atoms with Crippen LogP contribution in [0.3, 0.4) is 0 Å². The Morgan fingerprint density at radius 3 is 2.08 bits per heavy atom. The predicted octanol–water partition coefficient (Wildman–Crippen LogP) is 6.47. The number of carboxylic acids is 2. The Kier molecular flexibility index (Phi) is 12.3. The molecule has 5 aromatic rings. The summed E-state index contributed by atoms with van der Waals surface area (Å²) in [6.07, 6.45) is -6.46. The summed E-state index contributed by atoms with van der Waals surface area (Å²) in [5, 5.41) is 17.8. The molecule has 0 atom stereocenters. The molecule has 0 spiro atoms. The minimum absolute atomic E-state index is 0.318. The number of aromatic amines is 1. The van der Waals surface area contributed by atoms with Crippen molar-refractivity contribution in [1.82, 2.24) is 19.9 Å². The zero-order valence-corrected chi connectivity index (χ0v) is 27.1. The van der Waals surface area contributed by atoms with Gasteiger partial charge in [0.15, 0.2) is 0 Å². The number of carboxylic acid groups (broad SMARTS) is 2. The number of anilines is 1. The Morgan fingerprint density at radius 2 is 1.54 bits per heavy atom. The third kappa shape index (κ3) is 10.2. The van der Waals surface area contributed by atoms with Gasteiger partial charge in [-0.15, -0.1) is 22.7 Å². The van der Waals surface area contributed by atoms with Crippen LogP contribution in [0, 0.1) is 0 Å². The molecule has 4 heterocycles. The number of aliphatic carboxylic acids is 2. The van der Waals surface area contributed by atoms with Crippen LogP contribution in [0.15, 0.2) is 76.6 Å². The molecule has 0 unspecified atom stereocenters. The molecule has 0 bridgehead atoms. The number of nitrogens with one attached hydrogen (secondary N) is 1. The molecule has 3 N–H and O–H groups in total. The summed E-state index contributed by atoms with van der Waals surface area (Å²) in [5.74, 6) is -5.51. The molecule has 20 heteroatoms. The number of benzene rings is 1. The van der Waals surface area contributed by atoms with E-state index in [1.807, 2.05) is 48.7 Å². The fourth-order valence-corrected chi connectivity index (χ4v) is 7.12. The van der Waals surface area contributed by atoms with E-state index in [4.69, 9.17) is 19.8 Å². The molecule has 0 aliphatic heterocycles. The largest absolute Gasteiger partial charge is 0.490 e. The van der Waals surface area contributed by atoms with Gasteiger partial charge in [-0.2, -0.15) is 26.3 Å². The van der Waals surface area contributed by atoms with Crippen LogP contribution in [0.4, 0.5) is 32.0 Å². The summed E-state index contributed by atoms with van der Waals surface area (Å²) in [7, 11) is 0.0267. The summed E-state index contributed by atoms with van der Waals surface area (Å²) < 4.78 is 91.2. The van der Waals surface area contributed by atoms with Gasteiger partial charge < -0.3 is 15.2 Å². The van der Waals surface area contributed by atoms with Gasteiger partial charge >= 0.3 is 24.3 Å². The second-order valence-corrected chi connectivity index (χ2v) is 13.8.